The van der Waals surface area contributed by atoms with Crippen molar-refractivity contribution < 1.29 is 4.74 Å². The fourth-order valence-electron chi connectivity index (χ4n) is 0.800. The number of hydrogen-bond acceptors (Lipinski definition) is 3. The maximum atomic E-state index is 4.91. The molecule has 1 aromatic heterocycles. The van der Waals surface area contributed by atoms with Crippen molar-refractivity contribution in [2.45, 2.75) is 6.54 Å². The van der Waals surface area contributed by atoms with E-state index in [1.54, 1.807) is 13.3 Å². The summed E-state index contributed by atoms with van der Waals surface area (Å²) in [4.78, 5) is 0. The molecule has 0 aliphatic heterocycles. The van der Waals surface area contributed by atoms with Gasteiger partial charge < -0.3 is 10.1 Å². The molecule has 4 nitrogen and oxygen atoms in total. The van der Waals surface area contributed by atoms with Gasteiger partial charge in [0.05, 0.1) is 25.0 Å². The van der Waals surface area contributed by atoms with Crippen LogP contribution in [0.1, 0.15) is 0 Å². The van der Waals surface area contributed by atoms with Crippen LogP contribution in [0.15, 0.2) is 12.4 Å². The standard InChI is InChI=1S/C7H13N3O.ClH/c1-8-7-5-9-10(6-7)3-4-11-2;/h5-6,8H,3-4H2,1-2H3;1H. The number of nitrogens with one attached hydrogen (secondary N) is 1. The maximum Gasteiger partial charge on any atom is 0.0723 e. The van der Waals surface area contributed by atoms with Gasteiger partial charge in [0, 0.05) is 20.4 Å². The van der Waals surface area contributed by atoms with Crippen LogP contribution in [0.3, 0.4) is 0 Å². The van der Waals surface area contributed by atoms with Gasteiger partial charge in [-0.1, -0.05) is 0 Å². The third kappa shape index (κ3) is 3.11. The van der Waals surface area contributed by atoms with E-state index in [0.29, 0.717) is 6.61 Å². The van der Waals surface area contributed by atoms with Crippen LogP contribution < -0.4 is 5.32 Å². The molecule has 0 radical (unpaired) electrons. The normalized spacial score (nSPS) is 9.17. The Morgan fingerprint density at radius 1 is 1.67 bits per heavy atom. The van der Waals surface area contributed by atoms with Crippen LogP contribution in [0.2, 0.25) is 0 Å². The summed E-state index contributed by atoms with van der Waals surface area (Å²) in [6.07, 6.45) is 3.73. The minimum atomic E-state index is 0. The van der Waals surface area contributed by atoms with Gasteiger partial charge in [-0.2, -0.15) is 5.10 Å². The molecule has 0 atom stereocenters. The van der Waals surface area contributed by atoms with E-state index in [2.05, 4.69) is 10.4 Å². The third-order valence-electron chi connectivity index (χ3n) is 1.45. The van der Waals surface area contributed by atoms with Gasteiger partial charge in [-0.3, -0.25) is 4.68 Å². The average Bonchev–Trinajstić information content (AvgIpc) is 2.48. The Kier molecular flexibility index (Phi) is 5.49. The molecule has 0 saturated carbocycles. The minimum Gasteiger partial charge on any atom is -0.386 e. The second-order valence-electron chi connectivity index (χ2n) is 2.23. The van der Waals surface area contributed by atoms with Crippen LogP contribution in [0.4, 0.5) is 5.69 Å². The molecule has 0 spiro atoms. The number of rotatable bonds is 4. The number of methoxy groups -OCH3 is 1. The van der Waals surface area contributed by atoms with E-state index in [4.69, 9.17) is 4.74 Å². The van der Waals surface area contributed by atoms with Gasteiger partial charge in [0.25, 0.3) is 0 Å². The summed E-state index contributed by atoms with van der Waals surface area (Å²) in [7, 11) is 3.56. The van der Waals surface area contributed by atoms with Gasteiger partial charge in [0.1, 0.15) is 0 Å². The first-order valence-corrected chi connectivity index (χ1v) is 3.56. The Morgan fingerprint density at radius 2 is 2.42 bits per heavy atom. The summed E-state index contributed by atoms with van der Waals surface area (Å²) >= 11 is 0. The highest BCUT2D eigenvalue weighted by molar-refractivity contribution is 5.85. The molecule has 0 amide bonds. The Balaban J connectivity index is 0.00000121. The number of anilines is 1. The topological polar surface area (TPSA) is 39.1 Å². The molecule has 0 aromatic carbocycles. The zero-order valence-corrected chi connectivity index (χ0v) is 8.10. The van der Waals surface area contributed by atoms with E-state index >= 15 is 0 Å². The van der Waals surface area contributed by atoms with Crippen LogP contribution in [0.5, 0.6) is 0 Å². The third-order valence-corrected chi connectivity index (χ3v) is 1.45. The van der Waals surface area contributed by atoms with Crippen LogP contribution >= 0.6 is 12.4 Å². The Hall–Kier alpha value is -0.740. The summed E-state index contributed by atoms with van der Waals surface area (Å²) in [5.74, 6) is 0. The summed E-state index contributed by atoms with van der Waals surface area (Å²) in [5.41, 5.74) is 1.03. The van der Waals surface area contributed by atoms with Gasteiger partial charge in [-0.25, -0.2) is 0 Å². The van der Waals surface area contributed by atoms with Crippen molar-refractivity contribution in [3.05, 3.63) is 12.4 Å². The molecule has 0 fully saturated rings. The van der Waals surface area contributed by atoms with E-state index in [0.717, 1.165) is 12.2 Å². The molecule has 1 aromatic rings. The van der Waals surface area contributed by atoms with Gasteiger partial charge in [0.2, 0.25) is 0 Å². The van der Waals surface area contributed by atoms with Gasteiger partial charge >= 0.3 is 0 Å². The van der Waals surface area contributed by atoms with Crippen LogP contribution in [0, 0.1) is 0 Å². The molecule has 5 heteroatoms. The lowest BCUT2D eigenvalue weighted by atomic mass is 10.6. The smallest absolute Gasteiger partial charge is 0.0723 e. The van der Waals surface area contributed by atoms with E-state index in [9.17, 15) is 0 Å². The predicted molar refractivity (Wildman–Crippen MR) is 50.9 cm³/mol. The van der Waals surface area contributed by atoms with Crippen LogP contribution in [0.25, 0.3) is 0 Å². The van der Waals surface area contributed by atoms with Crippen LogP contribution in [-0.2, 0) is 11.3 Å². The summed E-state index contributed by atoms with van der Waals surface area (Å²) < 4.78 is 6.75. The number of ether oxygens (including phenoxy) is 1. The molecular formula is C7H14ClN3O. The Labute approximate surface area is 78.3 Å². The SMILES string of the molecule is CNc1cnn(CCOC)c1.Cl. The largest absolute Gasteiger partial charge is 0.386 e. The van der Waals surface area contributed by atoms with E-state index in [-0.39, 0.29) is 12.4 Å². The van der Waals surface area contributed by atoms with Crippen molar-refractivity contribution in [2.24, 2.45) is 0 Å². The lowest BCUT2D eigenvalue weighted by Gasteiger charge is -1.97. The van der Waals surface area contributed by atoms with E-state index in [1.807, 2.05) is 17.9 Å². The molecule has 0 unspecified atom stereocenters. The molecule has 1 rings (SSSR count). The highest BCUT2D eigenvalue weighted by Crippen LogP contribution is 2.01. The molecule has 0 aliphatic rings. The minimum absolute atomic E-state index is 0. The molecule has 0 aliphatic carbocycles. The molecule has 0 bridgehead atoms. The van der Waals surface area contributed by atoms with Crippen molar-refractivity contribution in [3.8, 4) is 0 Å². The lowest BCUT2D eigenvalue weighted by Crippen LogP contribution is -2.03. The molecule has 12 heavy (non-hydrogen) atoms. The van der Waals surface area contributed by atoms with Crippen molar-refractivity contribution in [1.29, 1.82) is 0 Å². The highest BCUT2D eigenvalue weighted by atomic mass is 35.5. The lowest BCUT2D eigenvalue weighted by molar-refractivity contribution is 0.183. The molecule has 70 valence electrons. The number of halogens is 1. The fourth-order valence-corrected chi connectivity index (χ4v) is 0.800. The number of aromatic nitrogens is 2. The van der Waals surface area contributed by atoms with Crippen molar-refractivity contribution >= 4 is 18.1 Å². The van der Waals surface area contributed by atoms with Gasteiger partial charge in [-0.05, 0) is 0 Å². The molecular weight excluding hydrogens is 178 g/mol. The van der Waals surface area contributed by atoms with Crippen LogP contribution in [-0.4, -0.2) is 30.5 Å². The van der Waals surface area contributed by atoms with E-state index in [1.165, 1.54) is 0 Å². The average molecular weight is 192 g/mol. The second-order valence-corrected chi connectivity index (χ2v) is 2.23. The first-order chi connectivity index (χ1) is 5.36. The molecule has 1 N–H and O–H groups in total. The van der Waals surface area contributed by atoms with Crippen molar-refractivity contribution in [2.75, 3.05) is 26.1 Å². The Bertz CT molecular complexity index is 214. The quantitative estimate of drug-likeness (QED) is 0.772. The zero-order chi connectivity index (χ0) is 8.10. The summed E-state index contributed by atoms with van der Waals surface area (Å²) in [6, 6.07) is 0. The Morgan fingerprint density at radius 3 is 2.92 bits per heavy atom. The first-order valence-electron chi connectivity index (χ1n) is 3.56. The van der Waals surface area contributed by atoms with Crippen molar-refractivity contribution in [1.82, 2.24) is 9.78 Å². The van der Waals surface area contributed by atoms with Gasteiger partial charge in [0.15, 0.2) is 0 Å². The first kappa shape index (κ1) is 11.3. The molecule has 0 saturated heterocycles. The highest BCUT2D eigenvalue weighted by Gasteiger charge is 1.93. The predicted octanol–water partition coefficient (Wildman–Crippen LogP) is 0.993. The second kappa shape index (κ2) is 5.85. The summed E-state index contributed by atoms with van der Waals surface area (Å²) in [5, 5.41) is 7.10. The fraction of sp³-hybridized carbons (Fsp3) is 0.571. The molecule has 1 heterocycles. The monoisotopic (exact) mass is 191 g/mol. The number of nitrogens with zero attached hydrogens (tertiary/aromatic N) is 2. The summed E-state index contributed by atoms with van der Waals surface area (Å²) in [6.45, 7) is 1.50. The van der Waals surface area contributed by atoms with Gasteiger partial charge in [-0.15, -0.1) is 12.4 Å². The number of hydrogen-bond donors (Lipinski definition) is 1. The zero-order valence-electron chi connectivity index (χ0n) is 7.28. The van der Waals surface area contributed by atoms with E-state index < -0.39 is 0 Å². The van der Waals surface area contributed by atoms with Crippen molar-refractivity contribution in [3.63, 3.8) is 0 Å². The maximum absolute atomic E-state index is 4.91.